The third kappa shape index (κ3) is 2.54. The third-order valence-electron chi connectivity index (χ3n) is 3.21. The summed E-state index contributed by atoms with van der Waals surface area (Å²) in [5.74, 6) is 0.515. The number of nitrogens with one attached hydrogen (secondary N) is 1. The third-order valence-corrected chi connectivity index (χ3v) is 3.94. The van der Waals surface area contributed by atoms with Crippen LogP contribution in [0.3, 0.4) is 0 Å². The van der Waals surface area contributed by atoms with E-state index in [1.54, 1.807) is 12.5 Å². The topological polar surface area (TPSA) is 63.6 Å². The van der Waals surface area contributed by atoms with Crippen molar-refractivity contribution < 1.29 is 0 Å². The molecule has 0 spiro atoms. The first kappa shape index (κ1) is 13.8. The Bertz CT molecular complexity index is 823. The van der Waals surface area contributed by atoms with Crippen molar-refractivity contribution in [1.29, 1.82) is 0 Å². The van der Waals surface area contributed by atoms with E-state index in [1.165, 1.54) is 0 Å². The van der Waals surface area contributed by atoms with Crippen molar-refractivity contribution in [3.05, 3.63) is 57.7 Å². The molecule has 1 aromatic carbocycles. The van der Waals surface area contributed by atoms with Crippen molar-refractivity contribution >= 4 is 15.9 Å². The number of imidazole rings is 1. The van der Waals surface area contributed by atoms with Gasteiger partial charge in [0.05, 0.1) is 18.2 Å². The van der Waals surface area contributed by atoms with Gasteiger partial charge in [0.2, 0.25) is 0 Å². The molecule has 0 saturated heterocycles. The largest absolute Gasteiger partial charge is 0.328 e. The number of aryl methyl sites for hydroxylation is 1. The molecule has 0 atom stereocenters. The smallest absolute Gasteiger partial charge is 0.266 e. The van der Waals surface area contributed by atoms with Gasteiger partial charge in [-0.2, -0.15) is 0 Å². The quantitative estimate of drug-likeness (QED) is 0.793. The van der Waals surface area contributed by atoms with Crippen LogP contribution < -0.4 is 5.56 Å². The molecule has 6 heteroatoms. The summed E-state index contributed by atoms with van der Waals surface area (Å²) in [6, 6.07) is 9.61. The molecule has 3 aromatic rings. The fraction of sp³-hybridized carbons (Fsp3) is 0.133. The minimum absolute atomic E-state index is 0.206. The second-order valence-corrected chi connectivity index (χ2v) is 5.30. The molecule has 0 amide bonds. The van der Waals surface area contributed by atoms with Crippen LogP contribution in [-0.2, 0) is 6.54 Å². The van der Waals surface area contributed by atoms with Crippen molar-refractivity contribution in [2.75, 3.05) is 0 Å². The molecule has 0 radical (unpaired) electrons. The van der Waals surface area contributed by atoms with E-state index in [0.717, 1.165) is 17.8 Å². The number of aromatic nitrogens is 4. The summed E-state index contributed by atoms with van der Waals surface area (Å²) in [6.45, 7) is 2.77. The average Bonchev–Trinajstić information content (AvgIpc) is 2.99. The van der Waals surface area contributed by atoms with Gasteiger partial charge in [0.1, 0.15) is 10.2 Å². The minimum atomic E-state index is -0.206. The molecule has 0 saturated carbocycles. The number of H-pyrrole nitrogens is 1. The van der Waals surface area contributed by atoms with E-state index in [2.05, 4.69) is 30.9 Å². The van der Waals surface area contributed by atoms with Crippen LogP contribution in [0, 0.1) is 0 Å². The van der Waals surface area contributed by atoms with Crippen LogP contribution in [0.5, 0.6) is 0 Å². The van der Waals surface area contributed by atoms with Crippen LogP contribution in [0.15, 0.2) is 52.1 Å². The zero-order valence-corrected chi connectivity index (χ0v) is 13.0. The molecule has 3 rings (SSSR count). The van der Waals surface area contributed by atoms with Crippen LogP contribution in [0.4, 0.5) is 0 Å². The lowest BCUT2D eigenvalue weighted by Crippen LogP contribution is -2.13. The zero-order chi connectivity index (χ0) is 14.8. The fourth-order valence-electron chi connectivity index (χ4n) is 2.14. The Morgan fingerprint density at radius 2 is 2.05 bits per heavy atom. The summed E-state index contributed by atoms with van der Waals surface area (Å²) >= 11 is 3.32. The fourth-order valence-corrected chi connectivity index (χ4v) is 2.55. The van der Waals surface area contributed by atoms with Gasteiger partial charge in [0, 0.05) is 12.1 Å². The van der Waals surface area contributed by atoms with Gasteiger partial charge >= 0.3 is 0 Å². The average molecular weight is 345 g/mol. The van der Waals surface area contributed by atoms with E-state index in [9.17, 15) is 4.79 Å². The highest BCUT2D eigenvalue weighted by Crippen LogP contribution is 2.25. The molecule has 0 aliphatic rings. The molecule has 0 bridgehead atoms. The first-order valence-electron chi connectivity index (χ1n) is 6.56. The molecular weight excluding hydrogens is 332 g/mol. The Kier molecular flexibility index (Phi) is 3.70. The standard InChI is InChI=1S/C15H13BrN4O/c1-2-20-9-17-8-11(20)14-18-13(12(16)15(21)19-14)10-6-4-3-5-7-10/h3-9H,2H2,1H3,(H,18,19,21). The molecule has 2 aromatic heterocycles. The molecule has 1 N–H and O–H groups in total. The summed E-state index contributed by atoms with van der Waals surface area (Å²) < 4.78 is 2.36. The first-order chi connectivity index (χ1) is 10.2. The zero-order valence-electron chi connectivity index (χ0n) is 11.4. The summed E-state index contributed by atoms with van der Waals surface area (Å²) in [4.78, 5) is 23.6. The van der Waals surface area contributed by atoms with E-state index in [4.69, 9.17) is 0 Å². The predicted molar refractivity (Wildman–Crippen MR) is 84.9 cm³/mol. The van der Waals surface area contributed by atoms with Crippen molar-refractivity contribution in [1.82, 2.24) is 19.5 Å². The van der Waals surface area contributed by atoms with Crippen LogP contribution >= 0.6 is 15.9 Å². The molecule has 21 heavy (non-hydrogen) atoms. The van der Waals surface area contributed by atoms with Gasteiger partial charge < -0.3 is 9.55 Å². The number of halogens is 1. The Labute approximate surface area is 129 Å². The second-order valence-electron chi connectivity index (χ2n) is 4.51. The lowest BCUT2D eigenvalue weighted by atomic mass is 10.1. The Morgan fingerprint density at radius 3 is 2.76 bits per heavy atom. The molecule has 0 unspecified atom stereocenters. The Morgan fingerprint density at radius 1 is 1.29 bits per heavy atom. The van der Waals surface area contributed by atoms with E-state index in [-0.39, 0.29) is 5.56 Å². The molecule has 5 nitrogen and oxygen atoms in total. The van der Waals surface area contributed by atoms with Crippen molar-refractivity contribution in [3.8, 4) is 22.8 Å². The molecule has 0 aliphatic carbocycles. The molecule has 0 aliphatic heterocycles. The maximum atomic E-state index is 12.2. The van der Waals surface area contributed by atoms with Crippen molar-refractivity contribution in [3.63, 3.8) is 0 Å². The number of aromatic amines is 1. The van der Waals surface area contributed by atoms with E-state index in [0.29, 0.717) is 16.0 Å². The SMILES string of the molecule is CCn1cncc1-c1nc(-c2ccccc2)c(Br)c(=O)[nH]1. The lowest BCUT2D eigenvalue weighted by Gasteiger charge is -2.08. The van der Waals surface area contributed by atoms with Gasteiger partial charge in [0.15, 0.2) is 5.82 Å². The van der Waals surface area contributed by atoms with Gasteiger partial charge in [0.25, 0.3) is 5.56 Å². The van der Waals surface area contributed by atoms with Gasteiger partial charge in [-0.15, -0.1) is 0 Å². The van der Waals surface area contributed by atoms with Gasteiger partial charge in [-0.05, 0) is 22.9 Å². The minimum Gasteiger partial charge on any atom is -0.328 e. The normalized spacial score (nSPS) is 10.8. The number of hydrogen-bond acceptors (Lipinski definition) is 3. The number of nitrogens with zero attached hydrogens (tertiary/aromatic N) is 3. The summed E-state index contributed by atoms with van der Waals surface area (Å²) in [6.07, 6.45) is 3.42. The summed E-state index contributed by atoms with van der Waals surface area (Å²) in [5, 5.41) is 0. The van der Waals surface area contributed by atoms with E-state index >= 15 is 0 Å². The van der Waals surface area contributed by atoms with Gasteiger partial charge in [-0.1, -0.05) is 30.3 Å². The predicted octanol–water partition coefficient (Wildman–Crippen LogP) is 3.08. The molecule has 106 valence electrons. The van der Waals surface area contributed by atoms with Crippen LogP contribution in [0.2, 0.25) is 0 Å². The molecule has 0 fully saturated rings. The highest BCUT2D eigenvalue weighted by atomic mass is 79.9. The Hall–Kier alpha value is -2.21. The Balaban J connectivity index is 2.22. The van der Waals surface area contributed by atoms with Crippen molar-refractivity contribution in [2.45, 2.75) is 13.5 Å². The number of benzene rings is 1. The van der Waals surface area contributed by atoms with Gasteiger partial charge in [-0.3, -0.25) is 4.79 Å². The van der Waals surface area contributed by atoms with Crippen molar-refractivity contribution in [2.24, 2.45) is 0 Å². The second kappa shape index (κ2) is 5.65. The monoisotopic (exact) mass is 344 g/mol. The number of hydrogen-bond donors (Lipinski definition) is 1. The summed E-state index contributed by atoms with van der Waals surface area (Å²) in [7, 11) is 0. The summed E-state index contributed by atoms with van der Waals surface area (Å²) in [5.41, 5.74) is 2.10. The highest BCUT2D eigenvalue weighted by molar-refractivity contribution is 9.10. The van der Waals surface area contributed by atoms with Crippen LogP contribution in [-0.4, -0.2) is 19.5 Å². The maximum Gasteiger partial charge on any atom is 0.266 e. The van der Waals surface area contributed by atoms with Gasteiger partial charge in [-0.25, -0.2) is 9.97 Å². The molecule has 2 heterocycles. The van der Waals surface area contributed by atoms with Crippen LogP contribution in [0.25, 0.3) is 22.8 Å². The first-order valence-corrected chi connectivity index (χ1v) is 7.35. The molecular formula is C15H13BrN4O. The van der Waals surface area contributed by atoms with E-state index in [1.807, 2.05) is 41.8 Å². The maximum absolute atomic E-state index is 12.2. The highest BCUT2D eigenvalue weighted by Gasteiger charge is 2.14. The van der Waals surface area contributed by atoms with E-state index < -0.39 is 0 Å². The number of rotatable bonds is 3. The van der Waals surface area contributed by atoms with Crippen LogP contribution in [0.1, 0.15) is 6.92 Å². The lowest BCUT2D eigenvalue weighted by molar-refractivity contribution is 0.763.